The SMILES string of the molecule is CC[C@@H](N)c1nc(Cc2ccc(OC)c(OC)c2)no1. The van der Waals surface area contributed by atoms with Crippen molar-refractivity contribution in [3.63, 3.8) is 0 Å². The van der Waals surface area contributed by atoms with Gasteiger partial charge in [0.05, 0.1) is 20.3 Å². The zero-order valence-corrected chi connectivity index (χ0v) is 11.9. The molecule has 1 atom stereocenters. The first kappa shape index (κ1) is 14.3. The molecule has 6 nitrogen and oxygen atoms in total. The summed E-state index contributed by atoms with van der Waals surface area (Å²) in [4.78, 5) is 4.30. The van der Waals surface area contributed by atoms with E-state index in [9.17, 15) is 0 Å². The largest absolute Gasteiger partial charge is 0.493 e. The number of ether oxygens (including phenoxy) is 2. The van der Waals surface area contributed by atoms with E-state index in [2.05, 4.69) is 10.1 Å². The average molecular weight is 277 g/mol. The van der Waals surface area contributed by atoms with Crippen LogP contribution in [0, 0.1) is 0 Å². The van der Waals surface area contributed by atoms with Crippen molar-refractivity contribution in [3.05, 3.63) is 35.5 Å². The lowest BCUT2D eigenvalue weighted by Crippen LogP contribution is -2.08. The number of nitrogens with two attached hydrogens (primary N) is 1. The van der Waals surface area contributed by atoms with Crippen LogP contribution in [0.2, 0.25) is 0 Å². The molecule has 108 valence electrons. The number of methoxy groups -OCH3 is 2. The molecule has 2 rings (SSSR count). The second-order valence-corrected chi connectivity index (χ2v) is 4.43. The molecule has 1 aromatic carbocycles. The summed E-state index contributed by atoms with van der Waals surface area (Å²) in [5.41, 5.74) is 6.87. The molecular weight excluding hydrogens is 258 g/mol. The third-order valence-corrected chi connectivity index (χ3v) is 3.05. The second kappa shape index (κ2) is 6.38. The molecule has 1 aromatic heterocycles. The van der Waals surface area contributed by atoms with Crippen molar-refractivity contribution in [2.45, 2.75) is 25.8 Å². The van der Waals surface area contributed by atoms with Crippen molar-refractivity contribution in [2.75, 3.05) is 14.2 Å². The Hall–Kier alpha value is -2.08. The Kier molecular flexibility index (Phi) is 4.57. The van der Waals surface area contributed by atoms with E-state index in [1.54, 1.807) is 14.2 Å². The molecule has 0 amide bonds. The molecule has 6 heteroatoms. The Bertz CT molecular complexity index is 569. The van der Waals surface area contributed by atoms with Gasteiger partial charge in [0.15, 0.2) is 17.3 Å². The third kappa shape index (κ3) is 3.08. The van der Waals surface area contributed by atoms with Crippen LogP contribution in [-0.4, -0.2) is 24.4 Å². The highest BCUT2D eigenvalue weighted by Gasteiger charge is 2.13. The minimum atomic E-state index is -0.207. The van der Waals surface area contributed by atoms with Crippen LogP contribution in [0.15, 0.2) is 22.7 Å². The van der Waals surface area contributed by atoms with Crippen LogP contribution in [0.3, 0.4) is 0 Å². The minimum Gasteiger partial charge on any atom is -0.493 e. The monoisotopic (exact) mass is 277 g/mol. The summed E-state index contributed by atoms with van der Waals surface area (Å²) >= 11 is 0. The fraction of sp³-hybridized carbons (Fsp3) is 0.429. The summed E-state index contributed by atoms with van der Waals surface area (Å²) in [5.74, 6) is 2.45. The van der Waals surface area contributed by atoms with Gasteiger partial charge in [0.25, 0.3) is 0 Å². The van der Waals surface area contributed by atoms with Gasteiger partial charge in [-0.1, -0.05) is 18.1 Å². The van der Waals surface area contributed by atoms with Gasteiger partial charge in [-0.05, 0) is 24.1 Å². The Morgan fingerprint density at radius 3 is 2.65 bits per heavy atom. The third-order valence-electron chi connectivity index (χ3n) is 3.05. The van der Waals surface area contributed by atoms with E-state index in [-0.39, 0.29) is 6.04 Å². The molecule has 0 aliphatic carbocycles. The minimum absolute atomic E-state index is 0.207. The summed E-state index contributed by atoms with van der Waals surface area (Å²) in [6, 6.07) is 5.49. The molecule has 0 radical (unpaired) electrons. The predicted octanol–water partition coefficient (Wildman–Crippen LogP) is 2.09. The number of hydrogen-bond acceptors (Lipinski definition) is 6. The van der Waals surface area contributed by atoms with Crippen LogP contribution in [0.4, 0.5) is 0 Å². The fourth-order valence-electron chi connectivity index (χ4n) is 1.84. The lowest BCUT2D eigenvalue weighted by Gasteiger charge is -2.08. The lowest BCUT2D eigenvalue weighted by molar-refractivity contribution is 0.348. The molecule has 2 aromatic rings. The number of hydrogen-bond donors (Lipinski definition) is 1. The molecule has 2 N–H and O–H groups in total. The predicted molar refractivity (Wildman–Crippen MR) is 73.9 cm³/mol. The standard InChI is InChI=1S/C14H19N3O3/c1-4-10(15)14-16-13(17-20-14)8-9-5-6-11(18-2)12(7-9)19-3/h5-7,10H,4,8,15H2,1-3H3/t10-/m1/s1. The molecule has 0 bridgehead atoms. The zero-order chi connectivity index (χ0) is 14.5. The van der Waals surface area contributed by atoms with E-state index in [0.717, 1.165) is 12.0 Å². The van der Waals surface area contributed by atoms with Crippen LogP contribution in [-0.2, 0) is 6.42 Å². The molecule has 0 unspecified atom stereocenters. The zero-order valence-electron chi connectivity index (χ0n) is 11.9. The van der Waals surface area contributed by atoms with Crippen molar-refractivity contribution < 1.29 is 14.0 Å². The Morgan fingerprint density at radius 1 is 1.25 bits per heavy atom. The summed E-state index contributed by atoms with van der Waals surface area (Å²) < 4.78 is 15.6. The number of aromatic nitrogens is 2. The van der Waals surface area contributed by atoms with Gasteiger partial charge in [0.2, 0.25) is 5.89 Å². The summed E-state index contributed by atoms with van der Waals surface area (Å²) in [6.45, 7) is 1.98. The van der Waals surface area contributed by atoms with Gasteiger partial charge in [-0.2, -0.15) is 4.98 Å². The maximum absolute atomic E-state index is 5.85. The molecule has 0 aliphatic heterocycles. The van der Waals surface area contributed by atoms with E-state index in [1.165, 1.54) is 0 Å². The smallest absolute Gasteiger partial charge is 0.243 e. The Balaban J connectivity index is 2.15. The molecule has 0 saturated carbocycles. The van der Waals surface area contributed by atoms with E-state index >= 15 is 0 Å². The molecule has 0 aliphatic rings. The Labute approximate surface area is 117 Å². The lowest BCUT2D eigenvalue weighted by atomic mass is 10.1. The van der Waals surface area contributed by atoms with E-state index in [1.807, 2.05) is 25.1 Å². The number of benzene rings is 1. The maximum atomic E-state index is 5.85. The topological polar surface area (TPSA) is 83.4 Å². The van der Waals surface area contributed by atoms with Crippen LogP contribution in [0.5, 0.6) is 11.5 Å². The fourth-order valence-corrected chi connectivity index (χ4v) is 1.84. The molecule has 0 fully saturated rings. The maximum Gasteiger partial charge on any atom is 0.243 e. The highest BCUT2D eigenvalue weighted by atomic mass is 16.5. The van der Waals surface area contributed by atoms with E-state index in [4.69, 9.17) is 19.7 Å². The van der Waals surface area contributed by atoms with Crippen molar-refractivity contribution in [1.29, 1.82) is 0 Å². The van der Waals surface area contributed by atoms with Gasteiger partial charge in [0.1, 0.15) is 0 Å². The Morgan fingerprint density at radius 2 is 2.00 bits per heavy atom. The van der Waals surface area contributed by atoms with Gasteiger partial charge >= 0.3 is 0 Å². The van der Waals surface area contributed by atoms with Gasteiger partial charge in [-0.3, -0.25) is 0 Å². The van der Waals surface area contributed by atoms with E-state index in [0.29, 0.717) is 29.6 Å². The highest BCUT2D eigenvalue weighted by molar-refractivity contribution is 5.43. The summed E-state index contributed by atoms with van der Waals surface area (Å²) in [5, 5.41) is 3.94. The number of rotatable bonds is 6. The highest BCUT2D eigenvalue weighted by Crippen LogP contribution is 2.28. The molecule has 0 saturated heterocycles. The summed E-state index contributed by atoms with van der Waals surface area (Å²) in [7, 11) is 3.21. The van der Waals surface area contributed by atoms with Gasteiger partial charge in [-0.15, -0.1) is 0 Å². The van der Waals surface area contributed by atoms with Crippen LogP contribution >= 0.6 is 0 Å². The van der Waals surface area contributed by atoms with Crippen LogP contribution in [0.25, 0.3) is 0 Å². The first-order valence-electron chi connectivity index (χ1n) is 6.46. The normalized spacial score (nSPS) is 12.2. The second-order valence-electron chi connectivity index (χ2n) is 4.43. The van der Waals surface area contributed by atoms with Crippen LogP contribution < -0.4 is 15.2 Å². The molecule has 1 heterocycles. The van der Waals surface area contributed by atoms with Crippen molar-refractivity contribution in [2.24, 2.45) is 5.73 Å². The van der Waals surface area contributed by atoms with Gasteiger partial charge < -0.3 is 19.7 Å². The first-order chi connectivity index (χ1) is 9.67. The van der Waals surface area contributed by atoms with Gasteiger partial charge in [-0.25, -0.2) is 0 Å². The average Bonchev–Trinajstić information content (AvgIpc) is 2.94. The van der Waals surface area contributed by atoms with Gasteiger partial charge in [0, 0.05) is 6.42 Å². The quantitative estimate of drug-likeness (QED) is 0.870. The van der Waals surface area contributed by atoms with E-state index < -0.39 is 0 Å². The molecular formula is C14H19N3O3. The van der Waals surface area contributed by atoms with Crippen LogP contribution in [0.1, 0.15) is 36.7 Å². The summed E-state index contributed by atoms with van der Waals surface area (Å²) in [6.07, 6.45) is 1.32. The molecule has 20 heavy (non-hydrogen) atoms. The molecule has 0 spiro atoms. The number of nitrogens with zero attached hydrogens (tertiary/aromatic N) is 2. The van der Waals surface area contributed by atoms with Crippen molar-refractivity contribution in [1.82, 2.24) is 10.1 Å². The van der Waals surface area contributed by atoms with Crippen molar-refractivity contribution >= 4 is 0 Å². The van der Waals surface area contributed by atoms with Crippen molar-refractivity contribution in [3.8, 4) is 11.5 Å². The first-order valence-corrected chi connectivity index (χ1v) is 6.46.